The van der Waals surface area contributed by atoms with Gasteiger partial charge < -0.3 is 14.6 Å². The maximum absolute atomic E-state index is 12.9. The van der Waals surface area contributed by atoms with Gasteiger partial charge in [-0.3, -0.25) is 19.2 Å². The standard InChI is InChI=1S/C23H40O5.C7H9NS.C3H6O2.C2H6/c1-6-9-21(24)28-20-15-22(25)27-13-8-12-16(2)10-7-11-17(3)14-18(4)23(26)19(20)5;1-3-4-7-5-9-6(2)8-7;1-2-3(4)5;1-2/h16-20H,6-15H2,1-5H3;3-5H,1-2H3;2H2,1H3,(H,4,5);1-2H3/b;4-3-;;. The number of ketones is 1. The predicted octanol–water partition coefficient (Wildman–Crippen LogP) is 9.09. The molecule has 254 valence electrons. The molecule has 8 nitrogen and oxygen atoms in total. The third-order valence-corrected chi connectivity index (χ3v) is 7.92. The van der Waals surface area contributed by atoms with E-state index in [0.717, 1.165) is 42.8 Å². The molecule has 0 aliphatic carbocycles. The Morgan fingerprint density at radius 2 is 1.66 bits per heavy atom. The van der Waals surface area contributed by atoms with Crippen molar-refractivity contribution in [1.82, 2.24) is 4.98 Å². The van der Waals surface area contributed by atoms with E-state index in [1.807, 2.05) is 53.7 Å². The van der Waals surface area contributed by atoms with Crippen LogP contribution in [0.15, 0.2) is 11.5 Å². The molecule has 0 amide bonds. The Morgan fingerprint density at radius 3 is 2.18 bits per heavy atom. The second-order valence-corrected chi connectivity index (χ2v) is 12.4. The molecule has 0 spiro atoms. The largest absolute Gasteiger partial charge is 0.481 e. The molecule has 0 radical (unpaired) electrons. The highest BCUT2D eigenvalue weighted by atomic mass is 32.1. The molecule has 0 saturated carbocycles. The minimum absolute atomic E-state index is 0.0554. The predicted molar refractivity (Wildman–Crippen MR) is 181 cm³/mol. The van der Waals surface area contributed by atoms with E-state index in [9.17, 15) is 19.2 Å². The number of nitrogens with zero attached hydrogens (tertiary/aromatic N) is 1. The molecule has 5 atom stereocenters. The van der Waals surface area contributed by atoms with E-state index in [1.54, 1.807) is 25.2 Å². The maximum Gasteiger partial charge on any atom is 0.309 e. The number of carboxylic acids is 1. The smallest absolute Gasteiger partial charge is 0.309 e. The summed E-state index contributed by atoms with van der Waals surface area (Å²) in [6.45, 7) is 20.1. The van der Waals surface area contributed by atoms with Crippen LogP contribution in [0.25, 0.3) is 6.08 Å². The van der Waals surface area contributed by atoms with Crippen molar-refractivity contribution in [2.24, 2.45) is 23.7 Å². The third-order valence-electron chi connectivity index (χ3n) is 7.13. The average molecular weight is 640 g/mol. The van der Waals surface area contributed by atoms with Crippen LogP contribution in [0.5, 0.6) is 0 Å². The van der Waals surface area contributed by atoms with Crippen molar-refractivity contribution < 1.29 is 33.8 Å². The van der Waals surface area contributed by atoms with Gasteiger partial charge in [-0.05, 0) is 57.4 Å². The molecule has 1 saturated heterocycles. The van der Waals surface area contributed by atoms with E-state index in [0.29, 0.717) is 24.9 Å². The number of hydrogen-bond acceptors (Lipinski definition) is 8. The fourth-order valence-electron chi connectivity index (χ4n) is 4.65. The molecule has 0 bridgehead atoms. The van der Waals surface area contributed by atoms with Gasteiger partial charge in [0, 0.05) is 24.1 Å². The molecule has 0 aromatic carbocycles. The molecule has 1 N–H and O–H groups in total. The van der Waals surface area contributed by atoms with Crippen LogP contribution in [0.4, 0.5) is 0 Å². The monoisotopic (exact) mass is 639 g/mol. The first-order valence-corrected chi connectivity index (χ1v) is 17.4. The van der Waals surface area contributed by atoms with Crippen LogP contribution in [0, 0.1) is 30.6 Å². The second kappa shape index (κ2) is 26.8. The fourth-order valence-corrected chi connectivity index (χ4v) is 5.23. The zero-order chi connectivity index (χ0) is 34.1. The molecule has 1 aliphatic heterocycles. The topological polar surface area (TPSA) is 120 Å². The summed E-state index contributed by atoms with van der Waals surface area (Å²) in [5.41, 5.74) is 1.07. The van der Waals surface area contributed by atoms with Crippen LogP contribution < -0.4 is 0 Å². The van der Waals surface area contributed by atoms with Gasteiger partial charge in [-0.25, -0.2) is 4.98 Å². The first-order chi connectivity index (χ1) is 20.8. The van der Waals surface area contributed by atoms with Gasteiger partial charge in [0.15, 0.2) is 0 Å². The van der Waals surface area contributed by atoms with Crippen molar-refractivity contribution in [3.05, 3.63) is 22.2 Å². The molecule has 44 heavy (non-hydrogen) atoms. The zero-order valence-electron chi connectivity index (χ0n) is 29.1. The van der Waals surface area contributed by atoms with Gasteiger partial charge in [0.1, 0.15) is 11.9 Å². The maximum atomic E-state index is 12.9. The van der Waals surface area contributed by atoms with Crippen LogP contribution in [0.3, 0.4) is 0 Å². The number of esters is 2. The lowest BCUT2D eigenvalue weighted by Gasteiger charge is -2.26. The summed E-state index contributed by atoms with van der Waals surface area (Å²) < 4.78 is 10.9. The first-order valence-electron chi connectivity index (χ1n) is 16.5. The van der Waals surface area contributed by atoms with Crippen LogP contribution in [-0.2, 0) is 28.7 Å². The lowest BCUT2D eigenvalue weighted by molar-refractivity contribution is -0.159. The Kier molecular flexibility index (Phi) is 26.6. The summed E-state index contributed by atoms with van der Waals surface area (Å²) in [6, 6.07) is 0. The quantitative estimate of drug-likeness (QED) is 0.317. The Morgan fingerprint density at radius 1 is 1.07 bits per heavy atom. The summed E-state index contributed by atoms with van der Waals surface area (Å²) >= 11 is 1.68. The Labute approximate surface area is 271 Å². The number of aryl methyl sites for hydroxylation is 1. The fraction of sp³-hybridized carbons (Fsp3) is 0.743. The van der Waals surface area contributed by atoms with Crippen LogP contribution in [-0.4, -0.2) is 46.5 Å². The number of aromatic nitrogens is 1. The van der Waals surface area contributed by atoms with Gasteiger partial charge in [0.05, 0.1) is 29.6 Å². The van der Waals surface area contributed by atoms with E-state index < -0.39 is 24.0 Å². The van der Waals surface area contributed by atoms with Crippen molar-refractivity contribution in [1.29, 1.82) is 0 Å². The molecular weight excluding hydrogens is 578 g/mol. The van der Waals surface area contributed by atoms with Gasteiger partial charge >= 0.3 is 17.9 Å². The van der Waals surface area contributed by atoms with Crippen molar-refractivity contribution in [3.63, 3.8) is 0 Å². The molecule has 1 fully saturated rings. The number of carbonyl (C=O) groups excluding carboxylic acids is 3. The van der Waals surface area contributed by atoms with E-state index in [-0.39, 0.29) is 36.9 Å². The molecule has 9 heteroatoms. The van der Waals surface area contributed by atoms with Crippen LogP contribution >= 0.6 is 11.3 Å². The third kappa shape index (κ3) is 22.0. The SMILES string of the molecule is C/C=C\c1csc(C)n1.CC.CCC(=O)O.CCCC(=O)OC1CC(=O)OCCCC(C)CCCC(C)CC(C)C(=O)C1C. The van der Waals surface area contributed by atoms with Crippen molar-refractivity contribution in [2.75, 3.05) is 6.61 Å². The average Bonchev–Trinajstić information content (AvgIpc) is 3.40. The summed E-state index contributed by atoms with van der Waals surface area (Å²) in [5.74, 6) is -0.960. The Balaban J connectivity index is 0. The number of thiazole rings is 1. The lowest BCUT2D eigenvalue weighted by Crippen LogP contribution is -2.36. The number of carboxylic acid groups (broad SMARTS) is 1. The highest BCUT2D eigenvalue weighted by molar-refractivity contribution is 7.09. The van der Waals surface area contributed by atoms with Gasteiger partial charge in [0.2, 0.25) is 0 Å². The number of allylic oxidation sites excluding steroid dienone is 1. The number of aliphatic carboxylic acids is 1. The van der Waals surface area contributed by atoms with Crippen LogP contribution in [0.2, 0.25) is 0 Å². The molecular formula is C35H61NO7S. The normalized spacial score (nSPS) is 23.5. The molecule has 5 unspecified atom stereocenters. The summed E-state index contributed by atoms with van der Waals surface area (Å²) in [5, 5.41) is 10.9. The number of ether oxygens (including phenoxy) is 2. The minimum Gasteiger partial charge on any atom is -0.481 e. The van der Waals surface area contributed by atoms with Crippen molar-refractivity contribution in [3.8, 4) is 0 Å². The molecule has 1 aromatic rings. The Bertz CT molecular complexity index is 959. The molecule has 1 aliphatic rings. The van der Waals surface area contributed by atoms with Gasteiger partial charge in [-0.2, -0.15) is 0 Å². The van der Waals surface area contributed by atoms with E-state index in [1.165, 1.54) is 6.42 Å². The van der Waals surface area contributed by atoms with Crippen molar-refractivity contribution in [2.45, 2.75) is 140 Å². The molecule has 2 heterocycles. The number of rotatable bonds is 5. The van der Waals surface area contributed by atoms with Crippen molar-refractivity contribution >= 4 is 41.1 Å². The highest BCUT2D eigenvalue weighted by Gasteiger charge is 2.33. The molecule has 1 aromatic heterocycles. The van der Waals surface area contributed by atoms with E-state index in [4.69, 9.17) is 14.6 Å². The van der Waals surface area contributed by atoms with Gasteiger partial charge in [0.25, 0.3) is 0 Å². The highest BCUT2D eigenvalue weighted by Crippen LogP contribution is 2.26. The summed E-state index contributed by atoms with van der Waals surface area (Å²) in [4.78, 5) is 50.8. The zero-order valence-corrected chi connectivity index (χ0v) is 30.0. The van der Waals surface area contributed by atoms with E-state index in [2.05, 4.69) is 24.2 Å². The van der Waals surface area contributed by atoms with Gasteiger partial charge in [-0.1, -0.05) is 80.7 Å². The number of cyclic esters (lactones) is 1. The summed E-state index contributed by atoms with van der Waals surface area (Å²) in [6.07, 6.45) is 10.6. The summed E-state index contributed by atoms with van der Waals surface area (Å²) in [7, 11) is 0. The number of carbonyl (C=O) groups is 4. The lowest BCUT2D eigenvalue weighted by atomic mass is 9.83. The van der Waals surface area contributed by atoms with E-state index >= 15 is 0 Å². The first kappa shape index (κ1) is 43.6. The Hall–Kier alpha value is -2.55. The minimum atomic E-state index is -0.747. The van der Waals surface area contributed by atoms with Gasteiger partial charge in [-0.15, -0.1) is 11.3 Å². The number of hydrogen-bond donors (Lipinski definition) is 1. The second-order valence-electron chi connectivity index (χ2n) is 11.4. The number of Topliss-reactive ketones (excluding diaryl/α,β-unsaturated/α-hetero) is 1. The van der Waals surface area contributed by atoms with Crippen LogP contribution in [0.1, 0.15) is 137 Å². The molecule has 2 rings (SSSR count).